The number of carbonyl (C=O) groups is 3. The van der Waals surface area contributed by atoms with Crippen LogP contribution in [0.25, 0.3) is 0 Å². The summed E-state index contributed by atoms with van der Waals surface area (Å²) in [5.74, 6) is -2.65. The summed E-state index contributed by atoms with van der Waals surface area (Å²) in [6, 6.07) is -2.10. The molecule has 0 saturated carbocycles. The number of carboxylic acids is 2. The number of urea groups is 1. The van der Waals surface area contributed by atoms with Crippen molar-refractivity contribution in [3.63, 3.8) is 0 Å². The summed E-state index contributed by atoms with van der Waals surface area (Å²) in [6.07, 6.45) is 0.721. The average Bonchev–Trinajstić information content (AvgIpc) is 2.27. The molecule has 0 saturated heterocycles. The van der Waals surface area contributed by atoms with Crippen LogP contribution < -0.4 is 10.6 Å². The first kappa shape index (κ1) is 16.2. The summed E-state index contributed by atoms with van der Waals surface area (Å²) in [5.41, 5.74) is -0.434. The highest BCUT2D eigenvalue weighted by atomic mass is 16.4. The van der Waals surface area contributed by atoms with Crippen molar-refractivity contribution in [2.75, 3.05) is 0 Å². The molecular weight excluding hydrogens is 240 g/mol. The van der Waals surface area contributed by atoms with E-state index < -0.39 is 36.0 Å². The predicted molar refractivity (Wildman–Crippen MR) is 64.3 cm³/mol. The molecule has 104 valence electrons. The Balaban J connectivity index is 4.52. The van der Waals surface area contributed by atoms with Crippen LogP contribution in [-0.4, -0.2) is 39.8 Å². The lowest BCUT2D eigenvalue weighted by Gasteiger charge is -2.28. The zero-order valence-corrected chi connectivity index (χ0v) is 10.8. The maximum atomic E-state index is 11.6. The first-order valence-electron chi connectivity index (χ1n) is 5.77. The number of carboxylic acid groups (broad SMARTS) is 2. The van der Waals surface area contributed by atoms with Crippen molar-refractivity contribution >= 4 is 18.0 Å². The van der Waals surface area contributed by atoms with Gasteiger partial charge in [0.2, 0.25) is 0 Å². The molecule has 0 unspecified atom stereocenters. The van der Waals surface area contributed by atoms with E-state index >= 15 is 0 Å². The molecule has 0 fully saturated rings. The van der Waals surface area contributed by atoms with Crippen molar-refractivity contribution in [3.05, 3.63) is 0 Å². The van der Waals surface area contributed by atoms with E-state index in [0.717, 1.165) is 0 Å². The lowest BCUT2D eigenvalue weighted by Crippen LogP contribution is -2.53. The van der Waals surface area contributed by atoms with E-state index in [2.05, 4.69) is 10.6 Å². The van der Waals surface area contributed by atoms with E-state index in [-0.39, 0.29) is 0 Å². The van der Waals surface area contributed by atoms with Crippen LogP contribution in [0.15, 0.2) is 0 Å². The van der Waals surface area contributed by atoms with Crippen molar-refractivity contribution < 1.29 is 24.6 Å². The van der Waals surface area contributed by atoms with Gasteiger partial charge in [-0.25, -0.2) is 9.59 Å². The van der Waals surface area contributed by atoms with Crippen LogP contribution in [0.4, 0.5) is 4.79 Å². The van der Waals surface area contributed by atoms with Crippen LogP contribution in [-0.2, 0) is 9.59 Å². The Morgan fingerprint density at radius 1 is 1.17 bits per heavy atom. The standard InChI is InChI=1S/C11H20N2O5/c1-4-11(3,5-2)13-10(18)12-7(9(16)17)6-8(14)15/h7H,4-6H2,1-3H3,(H,14,15)(H,16,17)(H2,12,13,18)/t7-/m0/s1. The van der Waals surface area contributed by atoms with Gasteiger partial charge in [-0.3, -0.25) is 4.79 Å². The van der Waals surface area contributed by atoms with Gasteiger partial charge in [-0.05, 0) is 19.8 Å². The molecule has 7 nitrogen and oxygen atoms in total. The van der Waals surface area contributed by atoms with Crippen molar-refractivity contribution in [3.8, 4) is 0 Å². The van der Waals surface area contributed by atoms with Gasteiger partial charge in [0.15, 0.2) is 0 Å². The molecule has 0 heterocycles. The fourth-order valence-electron chi connectivity index (χ4n) is 1.27. The van der Waals surface area contributed by atoms with Crippen LogP contribution >= 0.6 is 0 Å². The highest BCUT2D eigenvalue weighted by Crippen LogP contribution is 2.13. The first-order chi connectivity index (χ1) is 8.24. The minimum absolute atomic E-state index is 0.434. The SMILES string of the molecule is CCC(C)(CC)NC(=O)N[C@@H](CC(=O)O)C(=O)O. The summed E-state index contributed by atoms with van der Waals surface area (Å²) in [5, 5.41) is 22.1. The molecule has 18 heavy (non-hydrogen) atoms. The van der Waals surface area contributed by atoms with Gasteiger partial charge in [-0.2, -0.15) is 0 Å². The van der Waals surface area contributed by atoms with Crippen molar-refractivity contribution in [1.29, 1.82) is 0 Å². The fourth-order valence-corrected chi connectivity index (χ4v) is 1.27. The lowest BCUT2D eigenvalue weighted by molar-refractivity contribution is -0.145. The second kappa shape index (κ2) is 6.83. The molecule has 0 spiro atoms. The normalized spacial score (nSPS) is 12.6. The van der Waals surface area contributed by atoms with Crippen LogP contribution in [0.2, 0.25) is 0 Å². The van der Waals surface area contributed by atoms with Gasteiger partial charge in [0.1, 0.15) is 6.04 Å². The summed E-state index contributed by atoms with van der Waals surface area (Å²) < 4.78 is 0. The Bertz CT molecular complexity index is 325. The zero-order valence-electron chi connectivity index (χ0n) is 10.8. The molecule has 0 radical (unpaired) electrons. The second-order valence-corrected chi connectivity index (χ2v) is 4.35. The zero-order chi connectivity index (χ0) is 14.3. The van der Waals surface area contributed by atoms with Crippen molar-refractivity contribution in [1.82, 2.24) is 10.6 Å². The van der Waals surface area contributed by atoms with Crippen LogP contribution in [0.5, 0.6) is 0 Å². The van der Waals surface area contributed by atoms with Gasteiger partial charge in [0.05, 0.1) is 6.42 Å². The molecule has 1 atom stereocenters. The monoisotopic (exact) mass is 260 g/mol. The number of carbonyl (C=O) groups excluding carboxylic acids is 1. The van der Waals surface area contributed by atoms with Crippen molar-refractivity contribution in [2.24, 2.45) is 0 Å². The number of aliphatic carboxylic acids is 2. The largest absolute Gasteiger partial charge is 0.481 e. The van der Waals surface area contributed by atoms with Gasteiger partial charge < -0.3 is 20.8 Å². The number of rotatable bonds is 7. The highest BCUT2D eigenvalue weighted by molar-refractivity contribution is 5.86. The van der Waals surface area contributed by atoms with Crippen LogP contribution in [0, 0.1) is 0 Å². The Kier molecular flexibility index (Phi) is 6.15. The second-order valence-electron chi connectivity index (χ2n) is 4.35. The van der Waals surface area contributed by atoms with Crippen LogP contribution in [0.3, 0.4) is 0 Å². The molecule has 0 aromatic heterocycles. The molecule has 2 amide bonds. The van der Waals surface area contributed by atoms with E-state index in [1.807, 2.05) is 20.8 Å². The van der Waals surface area contributed by atoms with E-state index in [9.17, 15) is 14.4 Å². The third kappa shape index (κ3) is 5.51. The minimum atomic E-state index is -1.43. The minimum Gasteiger partial charge on any atom is -0.481 e. The number of nitrogens with one attached hydrogen (secondary N) is 2. The van der Waals surface area contributed by atoms with Gasteiger partial charge in [-0.15, -0.1) is 0 Å². The van der Waals surface area contributed by atoms with E-state index in [1.54, 1.807) is 0 Å². The molecule has 7 heteroatoms. The maximum Gasteiger partial charge on any atom is 0.326 e. The maximum absolute atomic E-state index is 11.6. The topological polar surface area (TPSA) is 116 Å². The lowest BCUT2D eigenvalue weighted by atomic mass is 9.96. The summed E-state index contributed by atoms with van der Waals surface area (Å²) >= 11 is 0. The third-order valence-corrected chi connectivity index (χ3v) is 2.96. The smallest absolute Gasteiger partial charge is 0.326 e. The molecule has 0 bridgehead atoms. The summed E-state index contributed by atoms with van der Waals surface area (Å²) in [7, 11) is 0. The molecular formula is C11H20N2O5. The molecule has 4 N–H and O–H groups in total. The number of hydrogen-bond donors (Lipinski definition) is 4. The highest BCUT2D eigenvalue weighted by Gasteiger charge is 2.26. The molecule has 0 aliphatic carbocycles. The average molecular weight is 260 g/mol. The van der Waals surface area contributed by atoms with E-state index in [0.29, 0.717) is 12.8 Å². The fraction of sp³-hybridized carbons (Fsp3) is 0.727. The first-order valence-corrected chi connectivity index (χ1v) is 5.77. The number of hydrogen-bond acceptors (Lipinski definition) is 3. The molecule has 0 aromatic rings. The van der Waals surface area contributed by atoms with E-state index in [1.165, 1.54) is 0 Å². The Hall–Kier alpha value is -1.79. The molecule has 0 aliphatic rings. The van der Waals surface area contributed by atoms with E-state index in [4.69, 9.17) is 10.2 Å². The van der Waals surface area contributed by atoms with Crippen LogP contribution in [0.1, 0.15) is 40.0 Å². The third-order valence-electron chi connectivity index (χ3n) is 2.96. The Morgan fingerprint density at radius 3 is 2.00 bits per heavy atom. The van der Waals surface area contributed by atoms with Crippen molar-refractivity contribution in [2.45, 2.75) is 51.6 Å². The molecule has 0 aromatic carbocycles. The van der Waals surface area contributed by atoms with Gasteiger partial charge in [-0.1, -0.05) is 13.8 Å². The summed E-state index contributed by atoms with van der Waals surface area (Å²) in [4.78, 5) is 32.8. The summed E-state index contributed by atoms with van der Waals surface area (Å²) in [6.45, 7) is 5.63. The Morgan fingerprint density at radius 2 is 1.67 bits per heavy atom. The predicted octanol–water partition coefficient (Wildman–Crippen LogP) is 0.792. The molecule has 0 aliphatic heterocycles. The van der Waals surface area contributed by atoms with Gasteiger partial charge in [0.25, 0.3) is 0 Å². The Labute approximate surface area is 106 Å². The quantitative estimate of drug-likeness (QED) is 0.540. The number of amides is 2. The van der Waals surface area contributed by atoms with Gasteiger partial charge >= 0.3 is 18.0 Å². The van der Waals surface area contributed by atoms with Gasteiger partial charge in [0, 0.05) is 5.54 Å². The molecule has 0 rings (SSSR count).